The summed E-state index contributed by atoms with van der Waals surface area (Å²) in [5.74, 6) is -1.29. The molecule has 0 spiro atoms. The van der Waals surface area contributed by atoms with Crippen LogP contribution in [0.2, 0.25) is 0 Å². The molecule has 2 heterocycles. The lowest BCUT2D eigenvalue weighted by molar-refractivity contribution is -0.214. The van der Waals surface area contributed by atoms with Crippen LogP contribution in [-0.4, -0.2) is 50.6 Å². The van der Waals surface area contributed by atoms with E-state index in [1.165, 1.54) is 24.6 Å². The summed E-state index contributed by atoms with van der Waals surface area (Å²) in [6.45, 7) is 5.71. The van der Waals surface area contributed by atoms with Crippen LogP contribution in [-0.2, 0) is 0 Å². The van der Waals surface area contributed by atoms with Crippen LogP contribution in [0.15, 0.2) is 12.3 Å². The zero-order chi connectivity index (χ0) is 14.6. The normalized spacial score (nSPS) is 17.3. The Morgan fingerprint density at radius 1 is 1.42 bits per heavy atom. The van der Waals surface area contributed by atoms with Gasteiger partial charge in [-0.1, -0.05) is 20.3 Å². The average Bonchev–Trinajstić information content (AvgIpc) is 2.54. The lowest BCUT2D eigenvalue weighted by Crippen LogP contribution is -2.44. The summed E-state index contributed by atoms with van der Waals surface area (Å²) < 4.78 is 0. The van der Waals surface area contributed by atoms with Crippen LogP contribution in [0, 0.1) is 6.92 Å². The van der Waals surface area contributed by atoms with E-state index < -0.39 is 11.9 Å². The van der Waals surface area contributed by atoms with E-state index in [4.69, 9.17) is 0 Å². The molecular formula is C12H20N4O3. The summed E-state index contributed by atoms with van der Waals surface area (Å²) in [6, 6.07) is 1.03. The molecule has 2 N–H and O–H groups in total. The number of aromatic nitrogens is 2. The van der Waals surface area contributed by atoms with Gasteiger partial charge in [0.1, 0.15) is 18.2 Å². The number of aryl methyl sites for hydroxylation is 1. The summed E-state index contributed by atoms with van der Waals surface area (Å²) >= 11 is 0. The first-order chi connectivity index (χ1) is 8.83. The van der Waals surface area contributed by atoms with Gasteiger partial charge in [0.05, 0.1) is 0 Å². The first-order valence-corrected chi connectivity index (χ1v) is 6.13. The lowest BCUT2D eigenvalue weighted by Gasteiger charge is -2.20. The Kier molecular flexibility index (Phi) is 4.79. The smallest absolute Gasteiger partial charge is 0.329 e. The summed E-state index contributed by atoms with van der Waals surface area (Å²) in [7, 11) is 1.32. The fourth-order valence-electron chi connectivity index (χ4n) is 1.49. The highest BCUT2D eigenvalue weighted by Gasteiger charge is 2.46. The zero-order valence-electron chi connectivity index (χ0n) is 11.7. The number of anilines is 1. The van der Waals surface area contributed by atoms with Gasteiger partial charge in [-0.15, -0.1) is 0 Å². The van der Waals surface area contributed by atoms with Crippen LogP contribution in [0.4, 0.5) is 10.6 Å². The number of nitrogens with zero attached hydrogens (tertiary/aromatic N) is 4. The van der Waals surface area contributed by atoms with Gasteiger partial charge in [0, 0.05) is 13.2 Å². The molecule has 2 rings (SSSR count). The highest BCUT2D eigenvalue weighted by Crippen LogP contribution is 2.24. The Balaban J connectivity index is 0.000000550. The molecule has 0 aliphatic carbocycles. The van der Waals surface area contributed by atoms with E-state index in [1.807, 2.05) is 0 Å². The number of carbonyl (C=O) groups is 1. The third kappa shape index (κ3) is 3.39. The van der Waals surface area contributed by atoms with E-state index in [0.29, 0.717) is 11.6 Å². The third-order valence-electron chi connectivity index (χ3n) is 2.46. The number of rotatable bonds is 1. The maximum absolute atomic E-state index is 11.7. The third-order valence-corrected chi connectivity index (χ3v) is 2.46. The average molecular weight is 268 g/mol. The molecule has 0 bridgehead atoms. The molecule has 7 heteroatoms. The molecule has 0 unspecified atom stereocenters. The monoisotopic (exact) mass is 268 g/mol. The Morgan fingerprint density at radius 3 is 2.42 bits per heavy atom. The number of hydrogen-bond acceptors (Lipinski definition) is 5. The van der Waals surface area contributed by atoms with Gasteiger partial charge in [-0.05, 0) is 13.0 Å². The SMILES string of the molecule is CCC.Cc1nccc(N2CC(O)(O)N(C)C2=O)n1. The molecule has 1 aliphatic heterocycles. The second-order valence-corrected chi connectivity index (χ2v) is 4.37. The van der Waals surface area contributed by atoms with Gasteiger partial charge >= 0.3 is 6.03 Å². The minimum Gasteiger partial charge on any atom is -0.347 e. The van der Waals surface area contributed by atoms with Crippen molar-refractivity contribution in [3.05, 3.63) is 18.1 Å². The molecule has 0 saturated carbocycles. The van der Waals surface area contributed by atoms with Crippen LogP contribution in [0.25, 0.3) is 0 Å². The second-order valence-electron chi connectivity index (χ2n) is 4.37. The molecule has 7 nitrogen and oxygen atoms in total. The van der Waals surface area contributed by atoms with Gasteiger partial charge < -0.3 is 10.2 Å². The molecule has 2 amide bonds. The number of carbonyl (C=O) groups excluding carboxylic acids is 1. The van der Waals surface area contributed by atoms with Crippen LogP contribution in [0.5, 0.6) is 0 Å². The molecular weight excluding hydrogens is 248 g/mol. The van der Waals surface area contributed by atoms with Crippen LogP contribution < -0.4 is 4.90 Å². The number of hydrogen-bond donors (Lipinski definition) is 2. The van der Waals surface area contributed by atoms with Gasteiger partial charge in [-0.25, -0.2) is 14.8 Å². The van der Waals surface area contributed by atoms with E-state index in [0.717, 1.165) is 4.90 Å². The standard InChI is InChI=1S/C9H12N4O3.C3H8/c1-6-10-4-3-7(11-6)13-5-9(15,16)12(2)8(13)14;1-3-2/h3-4,15-16H,5H2,1-2H3;3H2,1-2H3. The molecule has 1 fully saturated rings. The number of urea groups is 1. The number of β-amino-alcohol motifs (C(OH)–C–C–N with tert-alkyl or cyclic N) is 2. The number of amides is 2. The van der Waals surface area contributed by atoms with E-state index in [2.05, 4.69) is 23.8 Å². The van der Waals surface area contributed by atoms with Crippen LogP contribution >= 0.6 is 0 Å². The maximum Gasteiger partial charge on any atom is 0.329 e. The van der Waals surface area contributed by atoms with E-state index in [9.17, 15) is 15.0 Å². The van der Waals surface area contributed by atoms with E-state index in [-0.39, 0.29) is 6.54 Å². The quantitative estimate of drug-likeness (QED) is 0.732. The zero-order valence-corrected chi connectivity index (χ0v) is 11.7. The van der Waals surface area contributed by atoms with Gasteiger partial charge in [0.15, 0.2) is 0 Å². The Hall–Kier alpha value is -1.73. The van der Waals surface area contributed by atoms with Crippen LogP contribution in [0.1, 0.15) is 26.1 Å². The van der Waals surface area contributed by atoms with Gasteiger partial charge in [-0.2, -0.15) is 0 Å². The summed E-state index contributed by atoms with van der Waals surface area (Å²) in [6.07, 6.45) is 2.76. The predicted molar refractivity (Wildman–Crippen MR) is 70.4 cm³/mol. The molecule has 1 aromatic rings. The minimum absolute atomic E-state index is 0.237. The van der Waals surface area contributed by atoms with Crippen molar-refractivity contribution < 1.29 is 15.0 Å². The van der Waals surface area contributed by atoms with Gasteiger partial charge in [0.2, 0.25) is 0 Å². The Morgan fingerprint density at radius 2 is 2.00 bits per heavy atom. The van der Waals surface area contributed by atoms with E-state index >= 15 is 0 Å². The van der Waals surface area contributed by atoms with Crippen molar-refractivity contribution in [2.45, 2.75) is 33.1 Å². The van der Waals surface area contributed by atoms with Crippen molar-refractivity contribution in [1.82, 2.24) is 14.9 Å². The first kappa shape index (κ1) is 15.3. The summed E-state index contributed by atoms with van der Waals surface area (Å²) in [4.78, 5) is 21.7. The largest absolute Gasteiger partial charge is 0.347 e. The topological polar surface area (TPSA) is 89.8 Å². The molecule has 1 aliphatic rings. The van der Waals surface area contributed by atoms with Crippen molar-refractivity contribution in [2.75, 3.05) is 18.5 Å². The highest BCUT2D eigenvalue weighted by atomic mass is 16.5. The Labute approximate surface area is 112 Å². The van der Waals surface area contributed by atoms with Crippen molar-refractivity contribution >= 4 is 11.8 Å². The van der Waals surface area contributed by atoms with Crippen molar-refractivity contribution in [1.29, 1.82) is 0 Å². The van der Waals surface area contributed by atoms with Crippen molar-refractivity contribution in [3.8, 4) is 0 Å². The summed E-state index contributed by atoms with van der Waals surface area (Å²) in [5, 5.41) is 19.0. The number of aliphatic hydroxyl groups is 2. The fraction of sp³-hybridized carbons (Fsp3) is 0.583. The highest BCUT2D eigenvalue weighted by molar-refractivity contribution is 5.93. The second kappa shape index (κ2) is 5.94. The Bertz CT molecular complexity index is 450. The van der Waals surface area contributed by atoms with Crippen molar-refractivity contribution in [3.63, 3.8) is 0 Å². The summed E-state index contributed by atoms with van der Waals surface area (Å²) in [5.41, 5.74) is 0. The lowest BCUT2D eigenvalue weighted by atomic mass is 10.4. The molecule has 1 aromatic heterocycles. The molecule has 0 atom stereocenters. The molecule has 1 saturated heterocycles. The molecule has 19 heavy (non-hydrogen) atoms. The van der Waals surface area contributed by atoms with E-state index in [1.54, 1.807) is 13.0 Å². The molecule has 106 valence electrons. The molecule has 0 radical (unpaired) electrons. The van der Waals surface area contributed by atoms with Gasteiger partial charge in [-0.3, -0.25) is 9.80 Å². The maximum atomic E-state index is 11.7. The first-order valence-electron chi connectivity index (χ1n) is 6.13. The van der Waals surface area contributed by atoms with Crippen LogP contribution in [0.3, 0.4) is 0 Å². The minimum atomic E-state index is -2.16. The number of likely N-dealkylation sites (N-methyl/N-ethyl adjacent to an activating group) is 1. The van der Waals surface area contributed by atoms with Gasteiger partial charge in [0.25, 0.3) is 5.91 Å². The van der Waals surface area contributed by atoms with Crippen molar-refractivity contribution in [2.24, 2.45) is 0 Å². The molecule has 0 aromatic carbocycles. The predicted octanol–water partition coefficient (Wildman–Crippen LogP) is 0.712. The fourth-order valence-corrected chi connectivity index (χ4v) is 1.49.